The molecule has 0 saturated heterocycles. The molecule has 0 fully saturated rings. The van der Waals surface area contributed by atoms with Crippen LogP contribution < -0.4 is 5.32 Å². The summed E-state index contributed by atoms with van der Waals surface area (Å²) in [7, 11) is 0. The first-order valence-corrected chi connectivity index (χ1v) is 7.05. The van der Waals surface area contributed by atoms with Crippen molar-refractivity contribution in [3.05, 3.63) is 71.3 Å². The van der Waals surface area contributed by atoms with Crippen molar-refractivity contribution >= 4 is 12.1 Å². The molecule has 5 nitrogen and oxygen atoms in total. The van der Waals surface area contributed by atoms with Gasteiger partial charge in [0.05, 0.1) is 12.1 Å². The van der Waals surface area contributed by atoms with E-state index in [9.17, 15) is 18.4 Å². The number of hydrogen-bond donors (Lipinski definition) is 2. The molecule has 2 aromatic carbocycles. The van der Waals surface area contributed by atoms with Crippen LogP contribution in [0.3, 0.4) is 0 Å². The van der Waals surface area contributed by atoms with Gasteiger partial charge in [0.25, 0.3) is 5.92 Å². The molecule has 2 N–H and O–H groups in total. The zero-order valence-electron chi connectivity index (χ0n) is 12.5. The highest BCUT2D eigenvalue weighted by Crippen LogP contribution is 2.27. The average molecular weight is 335 g/mol. The lowest BCUT2D eigenvalue weighted by atomic mass is 10.1. The molecule has 7 heteroatoms. The molecule has 0 aliphatic carbocycles. The molecule has 0 aromatic heterocycles. The Morgan fingerprint density at radius 2 is 1.79 bits per heavy atom. The number of nitrogens with one attached hydrogen (secondary N) is 1. The number of ether oxygens (including phenoxy) is 1. The van der Waals surface area contributed by atoms with E-state index < -0.39 is 30.1 Å². The van der Waals surface area contributed by atoms with Crippen molar-refractivity contribution in [1.29, 1.82) is 0 Å². The number of amides is 1. The predicted molar refractivity (Wildman–Crippen MR) is 81.9 cm³/mol. The van der Waals surface area contributed by atoms with Crippen molar-refractivity contribution < 1.29 is 28.2 Å². The van der Waals surface area contributed by atoms with Crippen LogP contribution in [0.15, 0.2) is 54.6 Å². The third-order valence-corrected chi connectivity index (χ3v) is 3.20. The monoisotopic (exact) mass is 335 g/mol. The number of benzene rings is 2. The van der Waals surface area contributed by atoms with Crippen LogP contribution in [0.5, 0.6) is 0 Å². The van der Waals surface area contributed by atoms with Gasteiger partial charge < -0.3 is 15.2 Å². The third kappa shape index (κ3) is 4.77. The summed E-state index contributed by atoms with van der Waals surface area (Å²) in [6.07, 6.45) is -0.979. The Kier molecular flexibility index (Phi) is 5.47. The van der Waals surface area contributed by atoms with E-state index in [0.29, 0.717) is 0 Å². The molecular formula is C17H15F2NO4. The number of alkyl halides is 2. The van der Waals surface area contributed by atoms with Gasteiger partial charge in [-0.25, -0.2) is 9.59 Å². The number of carbonyl (C=O) groups is 2. The number of carboxylic acid groups (broad SMARTS) is 1. The molecule has 0 aliphatic rings. The summed E-state index contributed by atoms with van der Waals surface area (Å²) in [5.41, 5.74) is -0.0156. The second kappa shape index (κ2) is 7.54. The highest BCUT2D eigenvalue weighted by molar-refractivity contribution is 5.87. The Labute approximate surface area is 136 Å². The van der Waals surface area contributed by atoms with Gasteiger partial charge in [-0.3, -0.25) is 0 Å². The third-order valence-electron chi connectivity index (χ3n) is 3.20. The van der Waals surface area contributed by atoms with Crippen LogP contribution in [0.1, 0.15) is 21.5 Å². The Morgan fingerprint density at radius 3 is 2.46 bits per heavy atom. The van der Waals surface area contributed by atoms with Crippen LogP contribution in [0.4, 0.5) is 13.6 Å². The number of alkyl carbamates (subject to hydrolysis) is 1. The maximum atomic E-state index is 14.1. The van der Waals surface area contributed by atoms with Gasteiger partial charge >= 0.3 is 12.1 Å². The lowest BCUT2D eigenvalue weighted by molar-refractivity contribution is -0.00384. The van der Waals surface area contributed by atoms with Crippen LogP contribution in [-0.2, 0) is 17.3 Å². The Morgan fingerprint density at radius 1 is 1.08 bits per heavy atom. The molecule has 0 unspecified atom stereocenters. The van der Waals surface area contributed by atoms with Crippen molar-refractivity contribution in [2.45, 2.75) is 12.5 Å². The summed E-state index contributed by atoms with van der Waals surface area (Å²) < 4.78 is 33.0. The van der Waals surface area contributed by atoms with Crippen molar-refractivity contribution in [3.8, 4) is 0 Å². The Bertz CT molecular complexity index is 720. The summed E-state index contributed by atoms with van der Waals surface area (Å²) in [6.45, 7) is -1.03. The lowest BCUT2D eigenvalue weighted by Crippen LogP contribution is -2.35. The second-order valence-electron chi connectivity index (χ2n) is 5.01. The number of hydrogen-bond acceptors (Lipinski definition) is 3. The smallest absolute Gasteiger partial charge is 0.407 e. The van der Waals surface area contributed by atoms with Crippen molar-refractivity contribution in [2.75, 3.05) is 6.54 Å². The van der Waals surface area contributed by atoms with Gasteiger partial charge in [0, 0.05) is 5.56 Å². The van der Waals surface area contributed by atoms with E-state index in [1.54, 1.807) is 30.3 Å². The highest BCUT2D eigenvalue weighted by Gasteiger charge is 2.32. The van der Waals surface area contributed by atoms with Gasteiger partial charge in [0.2, 0.25) is 0 Å². The zero-order chi connectivity index (χ0) is 17.6. The molecule has 0 heterocycles. The molecule has 1 amide bonds. The van der Waals surface area contributed by atoms with Crippen LogP contribution in [0.25, 0.3) is 0 Å². The minimum Gasteiger partial charge on any atom is -0.478 e. The van der Waals surface area contributed by atoms with Crippen molar-refractivity contribution in [3.63, 3.8) is 0 Å². The minimum atomic E-state index is -3.42. The number of aromatic carboxylic acids is 1. The van der Waals surface area contributed by atoms with Gasteiger partial charge in [0.15, 0.2) is 0 Å². The van der Waals surface area contributed by atoms with E-state index in [-0.39, 0.29) is 12.2 Å². The van der Waals surface area contributed by atoms with E-state index in [2.05, 4.69) is 0 Å². The number of halogens is 2. The standard InChI is InChI=1S/C17H15F2NO4/c18-17(19,14-8-4-7-13(9-14)15(21)22)11-20-16(23)24-10-12-5-2-1-3-6-12/h1-9H,10-11H2,(H,20,23)(H,21,22). The number of carboxylic acids is 1. The van der Waals surface area contributed by atoms with E-state index in [0.717, 1.165) is 17.7 Å². The molecule has 0 spiro atoms. The summed E-state index contributed by atoms with van der Waals surface area (Å²) in [5.74, 6) is -4.72. The van der Waals surface area contributed by atoms with Crippen LogP contribution in [-0.4, -0.2) is 23.7 Å². The summed E-state index contributed by atoms with van der Waals surface area (Å²) in [6, 6.07) is 13.2. The van der Waals surface area contributed by atoms with Gasteiger partial charge in [-0.05, 0) is 17.7 Å². The molecule has 24 heavy (non-hydrogen) atoms. The van der Waals surface area contributed by atoms with Gasteiger partial charge in [-0.1, -0.05) is 42.5 Å². The number of carbonyl (C=O) groups excluding carboxylic acids is 1. The fourth-order valence-corrected chi connectivity index (χ4v) is 1.94. The van der Waals surface area contributed by atoms with Gasteiger partial charge in [-0.2, -0.15) is 8.78 Å². The van der Waals surface area contributed by atoms with E-state index >= 15 is 0 Å². The summed E-state index contributed by atoms with van der Waals surface area (Å²) >= 11 is 0. The fraction of sp³-hybridized carbons (Fsp3) is 0.176. The summed E-state index contributed by atoms with van der Waals surface area (Å²) in [4.78, 5) is 22.3. The number of rotatable bonds is 6. The van der Waals surface area contributed by atoms with E-state index in [1.807, 2.05) is 5.32 Å². The quantitative estimate of drug-likeness (QED) is 0.848. The van der Waals surface area contributed by atoms with Crippen LogP contribution in [0.2, 0.25) is 0 Å². The SMILES string of the molecule is O=C(NCC(F)(F)c1cccc(C(=O)O)c1)OCc1ccccc1. The maximum absolute atomic E-state index is 14.1. The van der Waals surface area contributed by atoms with E-state index in [1.165, 1.54) is 12.1 Å². The van der Waals surface area contributed by atoms with Crippen molar-refractivity contribution in [2.24, 2.45) is 0 Å². The van der Waals surface area contributed by atoms with Crippen molar-refractivity contribution in [1.82, 2.24) is 5.32 Å². The Balaban J connectivity index is 1.91. The molecule has 0 bridgehead atoms. The molecule has 126 valence electrons. The van der Waals surface area contributed by atoms with Crippen LogP contribution in [0, 0.1) is 0 Å². The molecule has 0 radical (unpaired) electrons. The topological polar surface area (TPSA) is 75.6 Å². The molecule has 0 aliphatic heterocycles. The van der Waals surface area contributed by atoms with E-state index in [4.69, 9.17) is 9.84 Å². The maximum Gasteiger partial charge on any atom is 0.407 e. The average Bonchev–Trinajstić information content (AvgIpc) is 2.59. The normalized spacial score (nSPS) is 10.9. The first-order valence-electron chi connectivity index (χ1n) is 7.05. The molecular weight excluding hydrogens is 320 g/mol. The molecule has 0 saturated carbocycles. The first-order chi connectivity index (χ1) is 11.4. The Hall–Kier alpha value is -2.96. The first kappa shape index (κ1) is 17.4. The molecule has 0 atom stereocenters. The minimum absolute atomic E-state index is 0.0350. The molecule has 2 rings (SSSR count). The summed E-state index contributed by atoms with van der Waals surface area (Å²) in [5, 5.41) is 10.8. The van der Waals surface area contributed by atoms with Crippen LogP contribution >= 0.6 is 0 Å². The van der Waals surface area contributed by atoms with Gasteiger partial charge in [0.1, 0.15) is 6.61 Å². The predicted octanol–water partition coefficient (Wildman–Crippen LogP) is 3.40. The highest BCUT2D eigenvalue weighted by atomic mass is 19.3. The zero-order valence-corrected chi connectivity index (χ0v) is 12.5. The molecule has 2 aromatic rings. The van der Waals surface area contributed by atoms with Gasteiger partial charge in [-0.15, -0.1) is 0 Å². The largest absolute Gasteiger partial charge is 0.478 e. The fourth-order valence-electron chi connectivity index (χ4n) is 1.94. The lowest BCUT2D eigenvalue weighted by Gasteiger charge is -2.17. The second-order valence-corrected chi connectivity index (χ2v) is 5.01.